The Morgan fingerprint density at radius 1 is 1.29 bits per heavy atom. The second-order valence-electron chi connectivity index (χ2n) is 3.07. The molecule has 0 atom stereocenters. The van der Waals surface area contributed by atoms with Crippen LogP contribution in [0.25, 0.3) is 0 Å². The average molecular weight is 189 g/mol. The Bertz CT molecular complexity index is 349. The highest BCUT2D eigenvalue weighted by Gasteiger charge is 1.85. The Hall–Kier alpha value is -1.77. The minimum atomic E-state index is 0.711. The summed E-state index contributed by atoms with van der Waals surface area (Å²) in [5.41, 5.74) is 8.60. The van der Waals surface area contributed by atoms with Crippen LogP contribution in [0.4, 0.5) is 5.69 Å². The predicted molar refractivity (Wildman–Crippen MR) is 58.9 cm³/mol. The van der Waals surface area contributed by atoms with Gasteiger partial charge < -0.3 is 10.7 Å². The van der Waals surface area contributed by atoms with Crippen molar-refractivity contribution in [3.63, 3.8) is 0 Å². The van der Waals surface area contributed by atoms with Crippen molar-refractivity contribution in [3.05, 3.63) is 48.0 Å². The molecule has 3 N–H and O–H groups in total. The van der Waals surface area contributed by atoms with Gasteiger partial charge in [0.15, 0.2) is 0 Å². The molecule has 0 unspecified atom stereocenters. The van der Waals surface area contributed by atoms with Crippen molar-refractivity contribution >= 4 is 5.69 Å². The quantitative estimate of drug-likeness (QED) is 0.668. The van der Waals surface area contributed by atoms with Crippen LogP contribution in [-0.2, 0) is 0 Å². The lowest BCUT2D eigenvalue weighted by atomic mass is 10.3. The van der Waals surface area contributed by atoms with Gasteiger partial charge in [-0.1, -0.05) is 0 Å². The molecule has 2 aromatic heterocycles. The fraction of sp³-hybridized carbons (Fsp3) is 0.182. The molecule has 0 fully saturated rings. The van der Waals surface area contributed by atoms with Gasteiger partial charge in [0, 0.05) is 24.3 Å². The summed E-state index contributed by atoms with van der Waals surface area (Å²) in [4.78, 5) is 6.83. The van der Waals surface area contributed by atoms with Gasteiger partial charge in [-0.2, -0.15) is 0 Å². The standard InChI is InChI=1S/C6H9N.C5H6N2/c1-5-3-4-7-6(5)2;6-5-2-1-3-7-4-5/h3-4,7H,1-2H3;1-4H,6H2. The van der Waals surface area contributed by atoms with Crippen LogP contribution >= 0.6 is 0 Å². The van der Waals surface area contributed by atoms with Gasteiger partial charge in [-0.05, 0) is 37.6 Å². The summed E-state index contributed by atoms with van der Waals surface area (Å²) in [7, 11) is 0. The number of nitrogens with two attached hydrogens (primary N) is 1. The van der Waals surface area contributed by atoms with Gasteiger partial charge in [0.25, 0.3) is 0 Å². The molecule has 0 aliphatic rings. The summed E-state index contributed by atoms with van der Waals surface area (Å²) in [6.07, 6.45) is 5.25. The van der Waals surface area contributed by atoms with E-state index in [1.165, 1.54) is 11.3 Å². The zero-order valence-electron chi connectivity index (χ0n) is 8.49. The lowest BCUT2D eigenvalue weighted by molar-refractivity contribution is 1.23. The van der Waals surface area contributed by atoms with Gasteiger partial charge in [0.1, 0.15) is 0 Å². The van der Waals surface area contributed by atoms with E-state index in [4.69, 9.17) is 5.73 Å². The molecule has 14 heavy (non-hydrogen) atoms. The molecular weight excluding hydrogens is 174 g/mol. The normalized spacial score (nSPS) is 9.00. The molecule has 74 valence electrons. The van der Waals surface area contributed by atoms with E-state index in [0.29, 0.717) is 5.69 Å². The molecular formula is C11H15N3. The van der Waals surface area contributed by atoms with E-state index in [9.17, 15) is 0 Å². The van der Waals surface area contributed by atoms with Crippen molar-refractivity contribution in [1.82, 2.24) is 9.97 Å². The van der Waals surface area contributed by atoms with Gasteiger partial charge in [-0.25, -0.2) is 0 Å². The lowest BCUT2D eigenvalue weighted by Gasteiger charge is -1.83. The van der Waals surface area contributed by atoms with Gasteiger partial charge in [0.2, 0.25) is 0 Å². The maximum Gasteiger partial charge on any atom is 0.0500 e. The fourth-order valence-electron chi connectivity index (χ4n) is 0.906. The Morgan fingerprint density at radius 3 is 2.29 bits per heavy atom. The molecule has 0 bridgehead atoms. The fourth-order valence-corrected chi connectivity index (χ4v) is 0.906. The molecule has 3 nitrogen and oxygen atoms in total. The number of anilines is 1. The van der Waals surface area contributed by atoms with Crippen molar-refractivity contribution in [2.45, 2.75) is 13.8 Å². The lowest BCUT2D eigenvalue weighted by Crippen LogP contribution is -1.82. The largest absolute Gasteiger partial charge is 0.397 e. The van der Waals surface area contributed by atoms with Crippen molar-refractivity contribution in [2.24, 2.45) is 0 Å². The molecule has 0 aliphatic carbocycles. The van der Waals surface area contributed by atoms with Gasteiger partial charge >= 0.3 is 0 Å². The molecule has 0 aromatic carbocycles. The predicted octanol–water partition coefficient (Wildman–Crippen LogP) is 2.30. The number of hydrogen-bond donors (Lipinski definition) is 2. The molecule has 0 amide bonds. The number of aryl methyl sites for hydroxylation is 2. The second-order valence-corrected chi connectivity index (χ2v) is 3.07. The third-order valence-electron chi connectivity index (χ3n) is 1.91. The molecule has 2 heterocycles. The van der Waals surface area contributed by atoms with Crippen LogP contribution in [0, 0.1) is 13.8 Å². The first-order valence-electron chi connectivity index (χ1n) is 4.46. The average Bonchev–Trinajstić information content (AvgIpc) is 2.53. The summed E-state index contributed by atoms with van der Waals surface area (Å²) >= 11 is 0. The van der Waals surface area contributed by atoms with E-state index in [1.54, 1.807) is 24.5 Å². The molecule has 0 saturated heterocycles. The van der Waals surface area contributed by atoms with Crippen molar-refractivity contribution < 1.29 is 0 Å². The Morgan fingerprint density at radius 2 is 2.07 bits per heavy atom. The van der Waals surface area contributed by atoms with E-state index in [-0.39, 0.29) is 0 Å². The molecule has 0 aliphatic heterocycles. The summed E-state index contributed by atoms with van der Waals surface area (Å²) in [6, 6.07) is 5.66. The van der Waals surface area contributed by atoms with Crippen LogP contribution in [0.5, 0.6) is 0 Å². The highest BCUT2D eigenvalue weighted by molar-refractivity contribution is 5.32. The van der Waals surface area contributed by atoms with Crippen molar-refractivity contribution in [1.29, 1.82) is 0 Å². The molecule has 0 saturated carbocycles. The minimum absolute atomic E-state index is 0.711. The van der Waals surface area contributed by atoms with E-state index in [1.807, 2.05) is 6.20 Å². The highest BCUT2D eigenvalue weighted by atomic mass is 14.7. The maximum absolute atomic E-state index is 5.30. The Labute approximate surface area is 84.0 Å². The monoisotopic (exact) mass is 189 g/mol. The van der Waals surface area contributed by atoms with E-state index in [2.05, 4.69) is 29.9 Å². The summed E-state index contributed by atoms with van der Waals surface area (Å²) in [5.74, 6) is 0. The second kappa shape index (κ2) is 5.07. The Balaban J connectivity index is 0.000000140. The first-order chi connectivity index (χ1) is 6.70. The van der Waals surface area contributed by atoms with E-state index < -0.39 is 0 Å². The number of nitrogens with zero attached hydrogens (tertiary/aromatic N) is 1. The number of hydrogen-bond acceptors (Lipinski definition) is 2. The van der Waals surface area contributed by atoms with Crippen LogP contribution in [-0.4, -0.2) is 9.97 Å². The van der Waals surface area contributed by atoms with E-state index >= 15 is 0 Å². The molecule has 0 radical (unpaired) electrons. The number of aromatic nitrogens is 2. The third kappa shape index (κ3) is 3.31. The van der Waals surface area contributed by atoms with Gasteiger partial charge in [-0.15, -0.1) is 0 Å². The summed E-state index contributed by atoms with van der Waals surface area (Å²) in [6.45, 7) is 4.15. The third-order valence-corrected chi connectivity index (χ3v) is 1.91. The van der Waals surface area contributed by atoms with Gasteiger partial charge in [0.05, 0.1) is 5.69 Å². The molecule has 2 aromatic rings. The Kier molecular flexibility index (Phi) is 3.73. The van der Waals surface area contributed by atoms with Crippen LogP contribution in [0.2, 0.25) is 0 Å². The number of nitrogens with one attached hydrogen (secondary N) is 1. The highest BCUT2D eigenvalue weighted by Crippen LogP contribution is 1.99. The zero-order chi connectivity index (χ0) is 10.4. The van der Waals surface area contributed by atoms with Crippen molar-refractivity contribution in [3.8, 4) is 0 Å². The number of nitrogen functional groups attached to an aromatic ring is 1. The van der Waals surface area contributed by atoms with Crippen molar-refractivity contribution in [2.75, 3.05) is 5.73 Å². The first kappa shape index (κ1) is 10.3. The summed E-state index contributed by atoms with van der Waals surface area (Å²) in [5, 5.41) is 0. The SMILES string of the molecule is Cc1cc[nH]c1C.Nc1cccnc1. The van der Waals surface area contributed by atoms with Gasteiger partial charge in [-0.3, -0.25) is 4.98 Å². The van der Waals surface area contributed by atoms with Crippen LogP contribution < -0.4 is 5.73 Å². The first-order valence-corrected chi connectivity index (χ1v) is 4.46. The topological polar surface area (TPSA) is 54.7 Å². The molecule has 3 heteroatoms. The summed E-state index contributed by atoms with van der Waals surface area (Å²) < 4.78 is 0. The maximum atomic E-state index is 5.30. The van der Waals surface area contributed by atoms with Crippen LogP contribution in [0.15, 0.2) is 36.8 Å². The zero-order valence-corrected chi connectivity index (χ0v) is 8.49. The van der Waals surface area contributed by atoms with E-state index in [0.717, 1.165) is 0 Å². The number of aromatic amines is 1. The number of pyridine rings is 1. The number of H-pyrrole nitrogens is 1. The smallest absolute Gasteiger partial charge is 0.0500 e. The number of rotatable bonds is 0. The van der Waals surface area contributed by atoms with Crippen LogP contribution in [0.3, 0.4) is 0 Å². The molecule has 0 spiro atoms. The van der Waals surface area contributed by atoms with Crippen LogP contribution in [0.1, 0.15) is 11.3 Å². The molecule has 2 rings (SSSR count). The minimum Gasteiger partial charge on any atom is -0.397 e.